The summed E-state index contributed by atoms with van der Waals surface area (Å²) >= 11 is 1.37. The Morgan fingerprint density at radius 2 is 1.87 bits per heavy atom. The molecule has 6 nitrogen and oxygen atoms in total. The Labute approximate surface area is 182 Å². The first-order chi connectivity index (χ1) is 15.1. The normalized spacial score (nSPS) is 11.1. The quantitative estimate of drug-likeness (QED) is 0.424. The zero-order chi connectivity index (χ0) is 21.4. The van der Waals surface area contributed by atoms with Crippen LogP contribution in [0.15, 0.2) is 66.4 Å². The molecule has 0 aliphatic carbocycles. The second kappa shape index (κ2) is 7.77. The number of fused-ring (bicyclic) bond motifs is 2. The maximum Gasteiger partial charge on any atom is 0.258 e. The fourth-order valence-corrected chi connectivity index (χ4v) is 4.63. The molecule has 0 atom stereocenters. The van der Waals surface area contributed by atoms with Crippen LogP contribution in [-0.4, -0.2) is 20.9 Å². The number of amides is 1. The van der Waals surface area contributed by atoms with E-state index in [4.69, 9.17) is 5.73 Å². The second-order valence-electron chi connectivity index (χ2n) is 7.31. The molecule has 5 aromatic rings. The highest BCUT2D eigenvalue weighted by Crippen LogP contribution is 2.32. The average molecular weight is 426 g/mol. The highest BCUT2D eigenvalue weighted by molar-refractivity contribution is 7.18. The molecule has 0 saturated carbocycles. The Kier molecular flexibility index (Phi) is 4.80. The van der Waals surface area contributed by atoms with Crippen LogP contribution in [0.5, 0.6) is 0 Å². The number of carbonyl (C=O) groups is 1. The molecule has 2 aromatic carbocycles. The van der Waals surface area contributed by atoms with Gasteiger partial charge in [0.2, 0.25) is 0 Å². The minimum absolute atomic E-state index is 0.221. The van der Waals surface area contributed by atoms with E-state index in [9.17, 15) is 4.79 Å². The molecule has 0 aliphatic heterocycles. The Bertz CT molecular complexity index is 1430. The molecular weight excluding hydrogens is 406 g/mol. The van der Waals surface area contributed by atoms with Crippen molar-refractivity contribution in [2.24, 2.45) is 0 Å². The van der Waals surface area contributed by atoms with Gasteiger partial charge in [-0.2, -0.15) is 0 Å². The molecule has 152 valence electrons. The summed E-state index contributed by atoms with van der Waals surface area (Å²) in [5.74, 6) is 0.161. The third-order valence-electron chi connectivity index (χ3n) is 5.31. The molecule has 0 fully saturated rings. The molecule has 0 saturated heterocycles. The van der Waals surface area contributed by atoms with Gasteiger partial charge in [-0.3, -0.25) is 9.78 Å². The summed E-state index contributed by atoms with van der Waals surface area (Å²) < 4.78 is 0.719. The van der Waals surface area contributed by atoms with Gasteiger partial charge in [0.1, 0.15) is 12.1 Å². The molecule has 3 heterocycles. The van der Waals surface area contributed by atoms with Crippen molar-refractivity contribution in [3.05, 3.63) is 88.8 Å². The molecule has 1 amide bonds. The third-order valence-corrected chi connectivity index (χ3v) is 6.31. The van der Waals surface area contributed by atoms with Gasteiger partial charge in [-0.1, -0.05) is 42.5 Å². The van der Waals surface area contributed by atoms with Crippen molar-refractivity contribution in [3.8, 4) is 0 Å². The van der Waals surface area contributed by atoms with Gasteiger partial charge in [0.05, 0.1) is 27.2 Å². The number of nitrogen functional groups attached to an aromatic ring is 1. The van der Waals surface area contributed by atoms with Crippen LogP contribution >= 0.6 is 11.3 Å². The molecule has 0 aliphatic rings. The van der Waals surface area contributed by atoms with Gasteiger partial charge in [-0.15, -0.1) is 11.3 Å². The Morgan fingerprint density at radius 1 is 1.03 bits per heavy atom. The van der Waals surface area contributed by atoms with E-state index in [0.29, 0.717) is 16.9 Å². The summed E-state index contributed by atoms with van der Waals surface area (Å²) in [6.45, 7) is 1.98. The fraction of sp³-hybridized carbons (Fsp3) is 0.0833. The molecule has 0 unspecified atom stereocenters. The smallest absolute Gasteiger partial charge is 0.258 e. The highest BCUT2D eigenvalue weighted by atomic mass is 32.1. The van der Waals surface area contributed by atoms with Crippen LogP contribution in [0.4, 0.5) is 11.5 Å². The van der Waals surface area contributed by atoms with E-state index >= 15 is 0 Å². The van der Waals surface area contributed by atoms with E-state index in [0.717, 1.165) is 38.8 Å². The van der Waals surface area contributed by atoms with Crippen LogP contribution in [0.1, 0.15) is 27.2 Å². The van der Waals surface area contributed by atoms with Crippen LogP contribution in [-0.2, 0) is 6.42 Å². The van der Waals surface area contributed by atoms with Crippen molar-refractivity contribution in [2.75, 3.05) is 11.1 Å². The van der Waals surface area contributed by atoms with Crippen LogP contribution in [0.2, 0.25) is 0 Å². The number of anilines is 2. The number of pyridine rings is 1. The summed E-state index contributed by atoms with van der Waals surface area (Å²) in [7, 11) is 0. The number of nitrogens with one attached hydrogen (secondary N) is 1. The van der Waals surface area contributed by atoms with Crippen molar-refractivity contribution >= 4 is 49.7 Å². The van der Waals surface area contributed by atoms with E-state index in [-0.39, 0.29) is 5.91 Å². The largest absolute Gasteiger partial charge is 0.382 e. The van der Waals surface area contributed by atoms with Crippen molar-refractivity contribution in [2.45, 2.75) is 13.3 Å². The fourth-order valence-electron chi connectivity index (χ4n) is 3.73. The predicted octanol–water partition coefficient (Wildman–Crippen LogP) is 4.97. The summed E-state index contributed by atoms with van der Waals surface area (Å²) in [5.41, 5.74) is 10.9. The Morgan fingerprint density at radius 3 is 2.71 bits per heavy atom. The summed E-state index contributed by atoms with van der Waals surface area (Å²) in [4.78, 5) is 26.0. The third kappa shape index (κ3) is 3.49. The molecule has 5 rings (SSSR count). The standard InChI is InChI=1S/C24H19N5OS/c1-14-7-8-16-17(9-10-26-19(16)11-15-5-3-2-4-6-15)20(14)29-24(30)18-12-31-22-21(18)27-13-28-23(22)25/h2-10,12-13H,11H2,1H3,(H,29,30)(H2,25,27,28). The van der Waals surface area contributed by atoms with Crippen molar-refractivity contribution in [1.29, 1.82) is 0 Å². The SMILES string of the molecule is Cc1ccc2c(Cc3ccccc3)nccc2c1NC(=O)c1csc2c(N)ncnc12. The van der Waals surface area contributed by atoms with Crippen molar-refractivity contribution in [1.82, 2.24) is 15.0 Å². The number of thiophene rings is 1. The van der Waals surface area contributed by atoms with Gasteiger partial charge in [0.15, 0.2) is 0 Å². The molecule has 0 spiro atoms. The molecule has 0 bridgehead atoms. The monoisotopic (exact) mass is 425 g/mol. The van der Waals surface area contributed by atoms with Crippen molar-refractivity contribution in [3.63, 3.8) is 0 Å². The number of carbonyl (C=O) groups excluding carboxylic acids is 1. The van der Waals surface area contributed by atoms with Gasteiger partial charge < -0.3 is 11.1 Å². The number of aryl methyl sites for hydroxylation is 1. The van der Waals surface area contributed by atoms with Crippen LogP contribution in [0.3, 0.4) is 0 Å². The molecule has 3 aromatic heterocycles. The molecule has 31 heavy (non-hydrogen) atoms. The zero-order valence-electron chi connectivity index (χ0n) is 16.8. The Balaban J connectivity index is 1.55. The number of aromatic nitrogens is 3. The minimum atomic E-state index is -0.221. The van der Waals surface area contributed by atoms with E-state index in [1.54, 1.807) is 11.6 Å². The van der Waals surface area contributed by atoms with E-state index in [1.165, 1.54) is 23.2 Å². The number of rotatable bonds is 4. The summed E-state index contributed by atoms with van der Waals surface area (Å²) in [5, 5.41) is 6.85. The number of hydrogen-bond acceptors (Lipinski definition) is 6. The van der Waals surface area contributed by atoms with Gasteiger partial charge in [-0.25, -0.2) is 9.97 Å². The highest BCUT2D eigenvalue weighted by Gasteiger charge is 2.18. The first-order valence-electron chi connectivity index (χ1n) is 9.82. The van der Waals surface area contributed by atoms with E-state index in [1.807, 2.05) is 37.3 Å². The summed E-state index contributed by atoms with van der Waals surface area (Å²) in [6, 6.07) is 16.3. The van der Waals surface area contributed by atoms with Gasteiger partial charge in [0, 0.05) is 28.8 Å². The molecule has 3 N–H and O–H groups in total. The summed E-state index contributed by atoms with van der Waals surface area (Å²) in [6.07, 6.45) is 3.90. The Hall–Kier alpha value is -3.84. The van der Waals surface area contributed by atoms with Gasteiger partial charge in [0.25, 0.3) is 5.91 Å². The van der Waals surface area contributed by atoms with Crippen LogP contribution in [0.25, 0.3) is 21.0 Å². The molecule has 0 radical (unpaired) electrons. The zero-order valence-corrected chi connectivity index (χ0v) is 17.6. The molecule has 7 heteroatoms. The first kappa shape index (κ1) is 19.1. The number of nitrogens with two attached hydrogens (primary N) is 1. The topological polar surface area (TPSA) is 93.8 Å². The van der Waals surface area contributed by atoms with Crippen LogP contribution < -0.4 is 11.1 Å². The lowest BCUT2D eigenvalue weighted by atomic mass is 10.00. The number of nitrogens with zero attached hydrogens (tertiary/aromatic N) is 3. The van der Waals surface area contributed by atoms with Crippen LogP contribution in [0, 0.1) is 6.92 Å². The van der Waals surface area contributed by atoms with E-state index in [2.05, 4.69) is 38.5 Å². The van der Waals surface area contributed by atoms with Gasteiger partial charge >= 0.3 is 0 Å². The van der Waals surface area contributed by atoms with Crippen molar-refractivity contribution < 1.29 is 4.79 Å². The predicted molar refractivity (Wildman–Crippen MR) is 126 cm³/mol. The number of hydrogen-bond donors (Lipinski definition) is 2. The lowest BCUT2D eigenvalue weighted by Crippen LogP contribution is -2.13. The van der Waals surface area contributed by atoms with Gasteiger partial charge in [-0.05, 0) is 24.1 Å². The first-order valence-corrected chi connectivity index (χ1v) is 10.7. The van der Waals surface area contributed by atoms with E-state index < -0.39 is 0 Å². The maximum absolute atomic E-state index is 13.2. The minimum Gasteiger partial charge on any atom is -0.382 e. The maximum atomic E-state index is 13.2. The lowest BCUT2D eigenvalue weighted by Gasteiger charge is -2.14. The number of benzene rings is 2. The second-order valence-corrected chi connectivity index (χ2v) is 8.19. The molecular formula is C24H19N5OS. The average Bonchev–Trinajstić information content (AvgIpc) is 3.22. The lowest BCUT2D eigenvalue weighted by molar-refractivity contribution is 0.102.